The number of hydrogen-bond donors (Lipinski definition) is 1. The van der Waals surface area contributed by atoms with Crippen LogP contribution in [0, 0.1) is 5.92 Å². The Morgan fingerprint density at radius 1 is 1.33 bits per heavy atom. The molecular weight excluding hydrogens is 307 g/mol. The average molecular weight is 327 g/mol. The molecule has 0 aromatic heterocycles. The molecule has 114 valence electrons. The molecule has 3 unspecified atom stereocenters. The molecule has 3 rings (SSSR count). The van der Waals surface area contributed by atoms with Gasteiger partial charge in [-0.15, -0.1) is 0 Å². The van der Waals surface area contributed by atoms with Crippen molar-refractivity contribution < 1.29 is 4.79 Å². The van der Waals surface area contributed by atoms with Crippen molar-refractivity contribution in [2.45, 2.75) is 31.2 Å². The Hall–Kier alpha value is -0.770. The Labute approximate surface area is 135 Å². The van der Waals surface area contributed by atoms with Crippen LogP contribution in [0.1, 0.15) is 30.7 Å². The predicted octanol–water partition coefficient (Wildman–Crippen LogP) is 3.31. The van der Waals surface area contributed by atoms with Crippen LogP contribution in [-0.2, 0) is 4.79 Å². The van der Waals surface area contributed by atoms with Crippen LogP contribution in [-0.4, -0.2) is 37.0 Å². The molecule has 1 N–H and O–H groups in total. The molecule has 21 heavy (non-hydrogen) atoms. The maximum Gasteiger partial charge on any atom is 0.226 e. The lowest BCUT2D eigenvalue weighted by Gasteiger charge is -2.32. The smallest absolute Gasteiger partial charge is 0.226 e. The fourth-order valence-electron chi connectivity index (χ4n) is 3.23. The summed E-state index contributed by atoms with van der Waals surface area (Å²) in [5.41, 5.74) is 1.13. The maximum atomic E-state index is 12.6. The van der Waals surface area contributed by atoms with E-state index in [1.54, 1.807) is 0 Å². The van der Waals surface area contributed by atoms with Crippen LogP contribution in [0.4, 0.5) is 0 Å². The Bertz CT molecular complexity index is 549. The van der Waals surface area contributed by atoms with Crippen molar-refractivity contribution in [3.05, 3.63) is 33.8 Å². The highest BCUT2D eigenvalue weighted by Gasteiger charge is 2.46. The molecule has 1 aliphatic carbocycles. The summed E-state index contributed by atoms with van der Waals surface area (Å²) in [6.07, 6.45) is 3.17. The van der Waals surface area contributed by atoms with Gasteiger partial charge in [0.1, 0.15) is 0 Å². The minimum atomic E-state index is 0.123. The van der Waals surface area contributed by atoms with Gasteiger partial charge in [0.15, 0.2) is 0 Å². The molecule has 1 heterocycles. The lowest BCUT2D eigenvalue weighted by molar-refractivity contribution is -0.134. The number of likely N-dealkylation sites (tertiary alicyclic amines) is 1. The summed E-state index contributed by atoms with van der Waals surface area (Å²) in [7, 11) is 1.97. The molecule has 1 amide bonds. The third kappa shape index (κ3) is 3.20. The molecule has 5 heteroatoms. The summed E-state index contributed by atoms with van der Waals surface area (Å²) >= 11 is 12.0. The number of nitrogens with one attached hydrogen (secondary N) is 1. The zero-order valence-electron chi connectivity index (χ0n) is 12.1. The number of halogens is 2. The van der Waals surface area contributed by atoms with E-state index in [0.717, 1.165) is 37.9 Å². The van der Waals surface area contributed by atoms with Gasteiger partial charge in [-0.3, -0.25) is 4.79 Å². The third-order valence-corrected chi connectivity index (χ3v) is 5.36. The summed E-state index contributed by atoms with van der Waals surface area (Å²) in [6, 6.07) is 6.13. The molecular formula is C16H20Cl2N2O. The molecule has 0 bridgehead atoms. The average Bonchev–Trinajstić information content (AvgIpc) is 3.30. The van der Waals surface area contributed by atoms with Crippen molar-refractivity contribution in [3.8, 4) is 0 Å². The van der Waals surface area contributed by atoms with Crippen molar-refractivity contribution in [1.29, 1.82) is 0 Å². The Balaban J connectivity index is 1.64. The zero-order valence-corrected chi connectivity index (χ0v) is 13.6. The summed E-state index contributed by atoms with van der Waals surface area (Å²) in [4.78, 5) is 14.6. The largest absolute Gasteiger partial charge is 0.341 e. The topological polar surface area (TPSA) is 32.3 Å². The second kappa shape index (κ2) is 6.15. The van der Waals surface area contributed by atoms with Crippen molar-refractivity contribution >= 4 is 29.1 Å². The predicted molar refractivity (Wildman–Crippen MR) is 86.0 cm³/mol. The summed E-state index contributed by atoms with van der Waals surface area (Å²) in [6.45, 7) is 1.72. The number of piperidine rings is 1. The van der Waals surface area contributed by atoms with Crippen LogP contribution >= 0.6 is 23.2 Å². The first-order valence-electron chi connectivity index (χ1n) is 7.51. The maximum absolute atomic E-state index is 12.6. The quantitative estimate of drug-likeness (QED) is 0.924. The van der Waals surface area contributed by atoms with Crippen molar-refractivity contribution in [2.24, 2.45) is 5.92 Å². The number of rotatable bonds is 3. The first kappa shape index (κ1) is 15.1. The fraction of sp³-hybridized carbons (Fsp3) is 0.562. The Morgan fingerprint density at radius 2 is 2.14 bits per heavy atom. The number of carbonyl (C=O) groups excluding carboxylic acids is 1. The van der Waals surface area contributed by atoms with E-state index in [4.69, 9.17) is 23.2 Å². The lowest BCUT2D eigenvalue weighted by atomic mass is 10.0. The van der Waals surface area contributed by atoms with Gasteiger partial charge in [-0.25, -0.2) is 0 Å². The van der Waals surface area contributed by atoms with Gasteiger partial charge >= 0.3 is 0 Å². The number of hydrogen-bond acceptors (Lipinski definition) is 2. The minimum Gasteiger partial charge on any atom is -0.341 e. The van der Waals surface area contributed by atoms with E-state index in [0.29, 0.717) is 27.9 Å². The molecule has 3 nitrogen and oxygen atoms in total. The van der Waals surface area contributed by atoms with Gasteiger partial charge in [-0.05, 0) is 49.9 Å². The summed E-state index contributed by atoms with van der Waals surface area (Å²) in [5.74, 6) is 0.728. The number of amides is 1. The first-order chi connectivity index (χ1) is 10.1. The van der Waals surface area contributed by atoms with Gasteiger partial charge in [0.2, 0.25) is 5.91 Å². The molecule has 1 saturated heterocycles. The van der Waals surface area contributed by atoms with E-state index in [2.05, 4.69) is 5.32 Å². The molecule has 0 radical (unpaired) electrons. The van der Waals surface area contributed by atoms with Crippen molar-refractivity contribution in [2.75, 3.05) is 20.1 Å². The van der Waals surface area contributed by atoms with Gasteiger partial charge in [-0.1, -0.05) is 29.3 Å². The molecule has 1 aliphatic heterocycles. The first-order valence-corrected chi connectivity index (χ1v) is 8.26. The molecule has 1 aromatic carbocycles. The van der Waals surface area contributed by atoms with Gasteiger partial charge in [0.25, 0.3) is 0 Å². The minimum absolute atomic E-state index is 0.123. The van der Waals surface area contributed by atoms with Crippen LogP contribution in [0.15, 0.2) is 18.2 Å². The highest BCUT2D eigenvalue weighted by atomic mass is 35.5. The SMILES string of the molecule is CNC1CCCN(C(=O)C2CC2c2ccc(Cl)c(Cl)c2)C1. The van der Waals surface area contributed by atoms with E-state index in [9.17, 15) is 4.79 Å². The zero-order chi connectivity index (χ0) is 15.0. The fourth-order valence-corrected chi connectivity index (χ4v) is 3.53. The van der Waals surface area contributed by atoms with E-state index < -0.39 is 0 Å². The molecule has 0 spiro atoms. The van der Waals surface area contributed by atoms with Crippen molar-refractivity contribution in [3.63, 3.8) is 0 Å². The molecule has 1 aromatic rings. The Kier molecular flexibility index (Phi) is 4.43. The van der Waals surface area contributed by atoms with Gasteiger partial charge in [0, 0.05) is 25.0 Å². The normalized spacial score (nSPS) is 28.5. The van der Waals surface area contributed by atoms with Crippen molar-refractivity contribution in [1.82, 2.24) is 10.2 Å². The van der Waals surface area contributed by atoms with Gasteiger partial charge in [-0.2, -0.15) is 0 Å². The van der Waals surface area contributed by atoms with Gasteiger partial charge < -0.3 is 10.2 Å². The standard InChI is InChI=1S/C16H20Cl2N2O/c1-19-11-3-2-6-20(9-11)16(21)13-8-12(13)10-4-5-14(17)15(18)7-10/h4-5,7,11-13,19H,2-3,6,8-9H2,1H3. The number of nitrogens with zero attached hydrogens (tertiary/aromatic N) is 1. The second-order valence-electron chi connectivity index (χ2n) is 6.03. The number of benzene rings is 1. The van der Waals surface area contributed by atoms with E-state index >= 15 is 0 Å². The van der Waals surface area contributed by atoms with Crippen LogP contribution in [0.5, 0.6) is 0 Å². The van der Waals surface area contributed by atoms with E-state index in [-0.39, 0.29) is 5.92 Å². The van der Waals surface area contributed by atoms with Gasteiger partial charge in [0.05, 0.1) is 10.0 Å². The number of likely N-dealkylation sites (N-methyl/N-ethyl adjacent to an activating group) is 1. The van der Waals surface area contributed by atoms with E-state index in [1.165, 1.54) is 0 Å². The lowest BCUT2D eigenvalue weighted by Crippen LogP contribution is -2.47. The summed E-state index contributed by atoms with van der Waals surface area (Å²) < 4.78 is 0. The van der Waals surface area contributed by atoms with Crippen LogP contribution in [0.25, 0.3) is 0 Å². The monoisotopic (exact) mass is 326 g/mol. The van der Waals surface area contributed by atoms with Crippen LogP contribution < -0.4 is 5.32 Å². The number of carbonyl (C=O) groups is 1. The molecule has 2 aliphatic rings. The highest BCUT2D eigenvalue weighted by molar-refractivity contribution is 6.42. The Morgan fingerprint density at radius 3 is 2.86 bits per heavy atom. The molecule has 1 saturated carbocycles. The highest BCUT2D eigenvalue weighted by Crippen LogP contribution is 2.49. The second-order valence-corrected chi connectivity index (χ2v) is 6.85. The molecule has 3 atom stereocenters. The summed E-state index contributed by atoms with van der Waals surface area (Å²) in [5, 5.41) is 4.42. The molecule has 2 fully saturated rings. The van der Waals surface area contributed by atoms with E-state index in [1.807, 2.05) is 30.1 Å². The van der Waals surface area contributed by atoms with Crippen LogP contribution in [0.3, 0.4) is 0 Å². The van der Waals surface area contributed by atoms with Crippen LogP contribution in [0.2, 0.25) is 10.0 Å². The third-order valence-electron chi connectivity index (χ3n) is 4.62.